The molecule has 0 unspecified atom stereocenters. The van der Waals surface area contributed by atoms with E-state index in [1.807, 2.05) is 25.7 Å². The Morgan fingerprint density at radius 3 is 2.90 bits per heavy atom. The second-order valence-electron chi connectivity index (χ2n) is 4.88. The molecule has 0 fully saturated rings. The number of hydrogen-bond acceptors (Lipinski definition) is 5. The van der Waals surface area contributed by atoms with Gasteiger partial charge >= 0.3 is 0 Å². The molecular formula is C15H26N4S. The van der Waals surface area contributed by atoms with Gasteiger partial charge in [-0.2, -0.15) is 5.10 Å². The van der Waals surface area contributed by atoms with Crippen molar-refractivity contribution in [1.82, 2.24) is 10.3 Å². The topological polar surface area (TPSA) is 40.0 Å². The largest absolute Gasteiger partial charge is 0.316 e. The molecule has 0 amide bonds. The van der Waals surface area contributed by atoms with Crippen LogP contribution in [0.4, 0.5) is 0 Å². The molecule has 1 rings (SSSR count). The average Bonchev–Trinajstić information content (AvgIpc) is 2.93. The Hall–Kier alpha value is -1.07. The van der Waals surface area contributed by atoms with Gasteiger partial charge in [0.05, 0.1) is 16.4 Å². The van der Waals surface area contributed by atoms with Crippen molar-refractivity contribution in [2.45, 2.75) is 33.6 Å². The molecule has 1 aliphatic rings. The molecule has 4 nitrogen and oxygen atoms in total. The van der Waals surface area contributed by atoms with Crippen LogP contribution in [0.3, 0.4) is 0 Å². The van der Waals surface area contributed by atoms with E-state index in [-0.39, 0.29) is 0 Å². The van der Waals surface area contributed by atoms with Crippen LogP contribution in [-0.2, 0) is 0 Å². The fourth-order valence-electron chi connectivity index (χ4n) is 1.72. The molecule has 1 heterocycles. The minimum Gasteiger partial charge on any atom is -0.316 e. The molecule has 20 heavy (non-hydrogen) atoms. The summed E-state index contributed by atoms with van der Waals surface area (Å²) < 4.78 is 0. The first-order valence-corrected chi connectivity index (χ1v) is 8.00. The molecule has 5 heteroatoms. The number of hydrogen-bond donors (Lipinski definition) is 1. The van der Waals surface area contributed by atoms with Gasteiger partial charge in [0.2, 0.25) is 0 Å². The van der Waals surface area contributed by atoms with Crippen LogP contribution in [0.2, 0.25) is 0 Å². The molecule has 0 saturated heterocycles. The summed E-state index contributed by atoms with van der Waals surface area (Å²) in [5.74, 6) is 0.943. The van der Waals surface area contributed by atoms with Crippen LogP contribution in [0.1, 0.15) is 33.6 Å². The van der Waals surface area contributed by atoms with Crippen LogP contribution in [-0.4, -0.2) is 42.7 Å². The molecule has 0 radical (unpaired) electrons. The van der Waals surface area contributed by atoms with E-state index in [1.165, 1.54) is 10.6 Å². The van der Waals surface area contributed by atoms with Crippen molar-refractivity contribution in [3.05, 3.63) is 23.0 Å². The van der Waals surface area contributed by atoms with Crippen molar-refractivity contribution < 1.29 is 0 Å². The second kappa shape index (κ2) is 8.97. The van der Waals surface area contributed by atoms with Crippen molar-refractivity contribution in [1.29, 1.82) is 0 Å². The highest BCUT2D eigenvalue weighted by Gasteiger charge is 2.15. The van der Waals surface area contributed by atoms with Crippen LogP contribution in [0.25, 0.3) is 0 Å². The van der Waals surface area contributed by atoms with Crippen LogP contribution >= 0.6 is 11.8 Å². The van der Waals surface area contributed by atoms with Crippen LogP contribution < -0.4 is 5.32 Å². The summed E-state index contributed by atoms with van der Waals surface area (Å²) in [5.41, 5.74) is 3.63. The summed E-state index contributed by atoms with van der Waals surface area (Å²) in [6.07, 6.45) is 4.29. The third kappa shape index (κ3) is 5.51. The molecular weight excluding hydrogens is 268 g/mol. The zero-order valence-corrected chi connectivity index (χ0v) is 13.9. The molecule has 112 valence electrons. The van der Waals surface area contributed by atoms with E-state index >= 15 is 0 Å². The molecule has 0 atom stereocenters. The minimum absolute atomic E-state index is 0.943. The van der Waals surface area contributed by atoms with Gasteiger partial charge < -0.3 is 5.32 Å². The van der Waals surface area contributed by atoms with Gasteiger partial charge in [-0.15, -0.1) is 11.8 Å². The molecule has 0 aliphatic carbocycles. The number of nitrogens with zero attached hydrogens (tertiary/aromatic N) is 3. The predicted octanol–water partition coefficient (Wildman–Crippen LogP) is 3.25. The highest BCUT2D eigenvalue weighted by molar-refractivity contribution is 8.14. The number of rotatable bonds is 8. The highest BCUT2D eigenvalue weighted by Crippen LogP contribution is 2.26. The van der Waals surface area contributed by atoms with Crippen LogP contribution in [0.5, 0.6) is 0 Å². The zero-order chi connectivity index (χ0) is 15.0. The Morgan fingerprint density at radius 2 is 2.25 bits per heavy atom. The number of nitrogens with one attached hydrogen (secondary N) is 1. The Morgan fingerprint density at radius 1 is 1.50 bits per heavy atom. The van der Waals surface area contributed by atoms with Crippen molar-refractivity contribution >= 4 is 23.5 Å². The minimum atomic E-state index is 0.943. The van der Waals surface area contributed by atoms with Gasteiger partial charge in [0.15, 0.2) is 0 Å². The molecule has 0 aromatic carbocycles. The summed E-state index contributed by atoms with van der Waals surface area (Å²) in [4.78, 5) is 4.68. The maximum Gasteiger partial charge on any atom is 0.0752 e. The fourth-order valence-corrected chi connectivity index (χ4v) is 2.72. The standard InChI is InChI=1S/C15H26N4S/c1-6-12(2)7-9-17-10-8-15-18-14(11-20-15)13(3)19(5)16-4/h6,17H,4,7-11H2,1-3,5H3/b12-6?,14-13+. The Labute approximate surface area is 127 Å². The van der Waals surface area contributed by atoms with Gasteiger partial charge in [-0.25, -0.2) is 4.99 Å². The van der Waals surface area contributed by atoms with Gasteiger partial charge in [-0.05, 0) is 33.7 Å². The van der Waals surface area contributed by atoms with E-state index in [0.29, 0.717) is 0 Å². The second-order valence-corrected chi connectivity index (χ2v) is 5.92. The monoisotopic (exact) mass is 294 g/mol. The summed E-state index contributed by atoms with van der Waals surface area (Å²) in [6.45, 7) is 11.9. The van der Waals surface area contributed by atoms with Gasteiger partial charge in [-0.1, -0.05) is 11.6 Å². The fraction of sp³-hybridized carbons (Fsp3) is 0.600. The maximum atomic E-state index is 4.68. The quantitative estimate of drug-likeness (QED) is 0.323. The van der Waals surface area contributed by atoms with Crippen LogP contribution in [0.15, 0.2) is 33.1 Å². The number of allylic oxidation sites excluding steroid dienone is 2. The lowest BCUT2D eigenvalue weighted by atomic mass is 10.2. The van der Waals surface area contributed by atoms with Crippen molar-refractivity contribution in [3.8, 4) is 0 Å². The van der Waals surface area contributed by atoms with Gasteiger partial charge in [0.25, 0.3) is 0 Å². The van der Waals surface area contributed by atoms with Gasteiger partial charge in [0, 0.05) is 32.5 Å². The first kappa shape index (κ1) is 17.0. The van der Waals surface area contributed by atoms with E-state index in [1.54, 1.807) is 5.01 Å². The number of thioether (sulfide) groups is 1. The van der Waals surface area contributed by atoms with E-state index in [9.17, 15) is 0 Å². The third-order valence-corrected chi connectivity index (χ3v) is 4.50. The third-order valence-electron chi connectivity index (χ3n) is 3.45. The molecule has 0 aromatic rings. The first-order valence-electron chi connectivity index (χ1n) is 7.01. The lowest BCUT2D eigenvalue weighted by Crippen LogP contribution is -2.18. The molecule has 0 aromatic heterocycles. The van der Waals surface area contributed by atoms with Crippen molar-refractivity contribution in [2.75, 3.05) is 25.9 Å². The Kier molecular flexibility index (Phi) is 7.62. The van der Waals surface area contributed by atoms with E-state index in [2.05, 4.69) is 42.1 Å². The highest BCUT2D eigenvalue weighted by atomic mass is 32.2. The molecule has 0 bridgehead atoms. The van der Waals surface area contributed by atoms with Crippen molar-refractivity contribution in [3.63, 3.8) is 0 Å². The molecule has 0 spiro atoms. The number of aliphatic imine (C=N–C) groups is 1. The summed E-state index contributed by atoms with van der Waals surface area (Å²) in [5, 5.41) is 10.4. The SMILES string of the molecule is C=NN(C)/C(C)=C1\CSC(CCNCCC(C)=CC)=N1. The maximum absolute atomic E-state index is 4.68. The number of hydrazone groups is 1. The van der Waals surface area contributed by atoms with E-state index in [0.717, 1.165) is 43.1 Å². The van der Waals surface area contributed by atoms with Crippen LogP contribution in [0, 0.1) is 0 Å². The molecule has 1 aliphatic heterocycles. The first-order chi connectivity index (χ1) is 9.58. The predicted molar refractivity (Wildman–Crippen MR) is 91.4 cm³/mol. The van der Waals surface area contributed by atoms with Gasteiger partial charge in [0.1, 0.15) is 0 Å². The van der Waals surface area contributed by atoms with E-state index in [4.69, 9.17) is 0 Å². The van der Waals surface area contributed by atoms with E-state index < -0.39 is 0 Å². The smallest absolute Gasteiger partial charge is 0.0752 e. The summed E-state index contributed by atoms with van der Waals surface area (Å²) in [6, 6.07) is 0. The lowest BCUT2D eigenvalue weighted by Gasteiger charge is -2.13. The molecule has 1 N–H and O–H groups in total. The Bertz CT molecular complexity index is 424. The summed E-state index contributed by atoms with van der Waals surface area (Å²) in [7, 11) is 1.90. The summed E-state index contributed by atoms with van der Waals surface area (Å²) >= 11 is 1.83. The van der Waals surface area contributed by atoms with Gasteiger partial charge in [-0.3, -0.25) is 5.01 Å². The van der Waals surface area contributed by atoms with Crippen molar-refractivity contribution in [2.24, 2.45) is 10.1 Å². The molecule has 0 saturated carbocycles. The lowest BCUT2D eigenvalue weighted by molar-refractivity contribution is 0.446. The average molecular weight is 294 g/mol. The normalized spacial score (nSPS) is 18.0. The zero-order valence-electron chi connectivity index (χ0n) is 13.1. The Balaban J connectivity index is 2.34.